The van der Waals surface area contributed by atoms with Crippen molar-refractivity contribution in [3.05, 3.63) is 23.0 Å². The fourth-order valence-electron chi connectivity index (χ4n) is 6.79. The zero-order valence-electron chi connectivity index (χ0n) is 21.6. The zero-order valence-corrected chi connectivity index (χ0v) is 21.6. The third kappa shape index (κ3) is 3.67. The van der Waals surface area contributed by atoms with E-state index in [0.29, 0.717) is 13.0 Å². The van der Waals surface area contributed by atoms with Crippen molar-refractivity contribution >= 4 is 40.6 Å². The molecule has 39 heavy (non-hydrogen) atoms. The van der Waals surface area contributed by atoms with Gasteiger partial charge in [-0.3, -0.25) is 38.6 Å². The minimum atomic E-state index is -2.87. The number of amides is 2. The van der Waals surface area contributed by atoms with Crippen LogP contribution in [0.3, 0.4) is 0 Å². The molecule has 1 aromatic carbocycles. The van der Waals surface area contributed by atoms with Crippen LogP contribution < -0.4 is 11.1 Å². The molecule has 208 valence electrons. The van der Waals surface area contributed by atoms with Crippen LogP contribution in [0.25, 0.3) is 0 Å². The molecule has 0 radical (unpaired) electrons. The fraction of sp³-hybridized carbons (Fsp3) is 0.538. The molecule has 7 atom stereocenters. The highest BCUT2D eigenvalue weighted by Crippen LogP contribution is 2.51. The number of phenolic OH excluding ortho intramolecular Hbond substituents is 1. The van der Waals surface area contributed by atoms with Crippen molar-refractivity contribution in [1.82, 2.24) is 9.80 Å². The van der Waals surface area contributed by atoms with Crippen LogP contribution in [0.15, 0.2) is 6.07 Å². The fourth-order valence-corrected chi connectivity index (χ4v) is 6.79. The predicted octanol–water partition coefficient (Wildman–Crippen LogP) is -1.35. The summed E-state index contributed by atoms with van der Waals surface area (Å²) in [4.78, 5) is 81.6. The Labute approximate surface area is 222 Å². The number of anilines is 1. The number of aromatic hydroxyl groups is 1. The average molecular weight is 545 g/mol. The van der Waals surface area contributed by atoms with Gasteiger partial charge in [0.05, 0.1) is 29.3 Å². The van der Waals surface area contributed by atoms with Crippen LogP contribution in [0.1, 0.15) is 28.8 Å². The summed E-state index contributed by atoms with van der Waals surface area (Å²) < 4.78 is 15.3. The van der Waals surface area contributed by atoms with E-state index in [1.165, 1.54) is 19.0 Å². The SMILES string of the molecule is CN(C)[C@@H]1C(=O)C(C(N)=O)C(=O)[C@@]2(O)C(=O)C3C(=O)c4c(O)c(NC(=O)[C@@H]5CCN5C)cc(F)c4C[C@H]3C[C@@H]12. The lowest BCUT2D eigenvalue weighted by Gasteiger charge is -2.52. The topological polar surface area (TPSA) is 187 Å². The van der Waals surface area contributed by atoms with Gasteiger partial charge in [-0.05, 0) is 46.3 Å². The molecule has 1 heterocycles. The number of likely N-dealkylation sites (tertiary alicyclic amines) is 1. The zero-order chi connectivity index (χ0) is 28.7. The van der Waals surface area contributed by atoms with Gasteiger partial charge in [0.15, 0.2) is 34.7 Å². The number of hydrogen-bond acceptors (Lipinski definition) is 10. The number of primary amides is 1. The molecular formula is C26H29FN4O8. The number of nitrogens with zero attached hydrogens (tertiary/aromatic N) is 2. The van der Waals surface area contributed by atoms with E-state index in [-0.39, 0.29) is 24.1 Å². The number of phenols is 1. The molecule has 1 saturated heterocycles. The van der Waals surface area contributed by atoms with E-state index in [9.17, 15) is 39.0 Å². The first-order chi connectivity index (χ1) is 18.2. The number of carbonyl (C=O) groups is 6. The van der Waals surface area contributed by atoms with Crippen molar-refractivity contribution in [2.75, 3.05) is 33.0 Å². The van der Waals surface area contributed by atoms with Gasteiger partial charge in [0.1, 0.15) is 11.6 Å². The van der Waals surface area contributed by atoms with Crippen LogP contribution in [-0.4, -0.2) is 100 Å². The minimum absolute atomic E-state index is 0.166. The number of fused-ring (bicyclic) bond motifs is 3. The van der Waals surface area contributed by atoms with Gasteiger partial charge in [0.25, 0.3) is 0 Å². The lowest BCUT2D eigenvalue weighted by Crippen LogP contribution is -2.74. The van der Waals surface area contributed by atoms with E-state index in [0.717, 1.165) is 6.07 Å². The number of nitrogens with two attached hydrogens (primary N) is 1. The lowest BCUT2D eigenvalue weighted by atomic mass is 9.52. The van der Waals surface area contributed by atoms with E-state index in [1.54, 1.807) is 11.9 Å². The molecule has 3 fully saturated rings. The maximum Gasteiger partial charge on any atom is 0.241 e. The van der Waals surface area contributed by atoms with Crippen LogP contribution in [0.2, 0.25) is 0 Å². The quantitative estimate of drug-likeness (QED) is 0.261. The molecule has 1 aliphatic heterocycles. The van der Waals surface area contributed by atoms with Crippen LogP contribution in [0.5, 0.6) is 5.75 Å². The molecule has 0 spiro atoms. The molecule has 5 rings (SSSR count). The van der Waals surface area contributed by atoms with Crippen LogP contribution in [0.4, 0.5) is 10.1 Å². The monoisotopic (exact) mass is 544 g/mol. The number of Topliss-reactive ketones (excluding diaryl/α,β-unsaturated/α-hetero) is 4. The highest BCUT2D eigenvalue weighted by molar-refractivity contribution is 6.32. The van der Waals surface area contributed by atoms with Crippen LogP contribution in [-0.2, 0) is 30.4 Å². The van der Waals surface area contributed by atoms with Crippen LogP contribution >= 0.6 is 0 Å². The first-order valence-electron chi connectivity index (χ1n) is 12.6. The first-order valence-corrected chi connectivity index (χ1v) is 12.6. The minimum Gasteiger partial charge on any atom is -0.505 e. The normalized spacial score (nSPS) is 34.2. The lowest BCUT2D eigenvalue weighted by molar-refractivity contribution is -0.181. The molecule has 5 N–H and O–H groups in total. The van der Waals surface area contributed by atoms with Gasteiger partial charge in [0.2, 0.25) is 11.8 Å². The number of likely N-dealkylation sites (N-methyl/N-ethyl adjacent to an activating group) is 2. The Morgan fingerprint density at radius 3 is 2.41 bits per heavy atom. The Kier molecular flexibility index (Phi) is 6.24. The van der Waals surface area contributed by atoms with Gasteiger partial charge < -0.3 is 21.3 Å². The Bertz CT molecular complexity index is 1360. The van der Waals surface area contributed by atoms with Gasteiger partial charge in [0, 0.05) is 24.1 Å². The highest BCUT2D eigenvalue weighted by atomic mass is 19.1. The Morgan fingerprint density at radius 2 is 1.87 bits per heavy atom. The Morgan fingerprint density at radius 1 is 1.21 bits per heavy atom. The summed E-state index contributed by atoms with van der Waals surface area (Å²) in [6.07, 6.45) is 0.172. The molecule has 0 aromatic heterocycles. The molecular weight excluding hydrogens is 515 g/mol. The van der Waals surface area contributed by atoms with E-state index >= 15 is 4.39 Å². The molecule has 12 nitrogen and oxygen atoms in total. The maximum atomic E-state index is 15.3. The number of halogens is 1. The third-order valence-corrected chi connectivity index (χ3v) is 8.85. The largest absolute Gasteiger partial charge is 0.505 e. The second kappa shape index (κ2) is 9.00. The highest BCUT2D eigenvalue weighted by Gasteiger charge is 2.69. The maximum absolute atomic E-state index is 15.3. The Balaban J connectivity index is 1.57. The van der Waals surface area contributed by atoms with Crippen molar-refractivity contribution < 1.29 is 43.4 Å². The van der Waals surface area contributed by atoms with E-state index in [2.05, 4.69) is 5.32 Å². The average Bonchev–Trinajstić information content (AvgIpc) is 2.83. The van der Waals surface area contributed by atoms with Crippen LogP contribution in [0, 0.1) is 29.5 Å². The van der Waals surface area contributed by atoms with Crippen molar-refractivity contribution in [3.63, 3.8) is 0 Å². The second-order valence-electron chi connectivity index (χ2n) is 11.2. The number of carbonyl (C=O) groups excluding carboxylic acids is 6. The van der Waals surface area contributed by atoms with E-state index in [4.69, 9.17) is 5.73 Å². The number of aliphatic hydroxyl groups is 1. The summed E-state index contributed by atoms with van der Waals surface area (Å²) in [6, 6.07) is -0.822. The summed E-state index contributed by atoms with van der Waals surface area (Å²) in [5.41, 5.74) is 1.40. The summed E-state index contributed by atoms with van der Waals surface area (Å²) >= 11 is 0. The standard InChI is InChI=1S/C26H29FN4O8/c1-30(2)18-11-7-9-6-10-12(27)8-13(29-25(38)14-4-5-31(14)3)19(32)16(10)20(33)15(9)22(35)26(11,39)23(36)17(21(18)34)24(28)37/h8-9,11,14-15,17-18,32,39H,4-7H2,1-3H3,(H2,28,37)(H,29,38)/t9-,11-,14-,15?,17?,18-,26-/m0/s1. The Hall–Kier alpha value is -3.55. The van der Waals surface area contributed by atoms with E-state index < -0.39 is 93.4 Å². The number of ketones is 4. The number of rotatable bonds is 4. The van der Waals surface area contributed by atoms with Crippen molar-refractivity contribution in [1.29, 1.82) is 0 Å². The van der Waals surface area contributed by atoms with Gasteiger partial charge in [-0.15, -0.1) is 0 Å². The second-order valence-corrected chi connectivity index (χ2v) is 11.2. The van der Waals surface area contributed by atoms with E-state index in [1.807, 2.05) is 0 Å². The molecule has 3 aliphatic carbocycles. The number of nitrogens with one attached hydrogen (secondary N) is 1. The molecule has 13 heteroatoms. The molecule has 0 bridgehead atoms. The molecule has 4 aliphatic rings. The molecule has 2 saturated carbocycles. The molecule has 1 aromatic rings. The smallest absolute Gasteiger partial charge is 0.241 e. The predicted molar refractivity (Wildman–Crippen MR) is 131 cm³/mol. The van der Waals surface area contributed by atoms with Gasteiger partial charge in [-0.2, -0.15) is 0 Å². The first kappa shape index (κ1) is 27.0. The van der Waals surface area contributed by atoms with Crippen molar-refractivity contribution in [2.24, 2.45) is 29.4 Å². The summed E-state index contributed by atoms with van der Waals surface area (Å²) in [7, 11) is 4.67. The van der Waals surface area contributed by atoms with Gasteiger partial charge in [-0.1, -0.05) is 0 Å². The summed E-state index contributed by atoms with van der Waals surface area (Å²) in [5, 5.41) is 24.9. The van der Waals surface area contributed by atoms with Crippen molar-refractivity contribution in [3.8, 4) is 5.75 Å². The van der Waals surface area contributed by atoms with Gasteiger partial charge in [-0.25, -0.2) is 4.39 Å². The van der Waals surface area contributed by atoms with Crippen molar-refractivity contribution in [2.45, 2.75) is 36.9 Å². The molecule has 2 unspecified atom stereocenters. The van der Waals surface area contributed by atoms with Gasteiger partial charge >= 0.3 is 0 Å². The molecule has 2 amide bonds. The number of benzene rings is 1. The number of hydrogen-bond donors (Lipinski definition) is 4. The summed E-state index contributed by atoms with van der Waals surface area (Å²) in [5.74, 6) is -13.8. The third-order valence-electron chi connectivity index (χ3n) is 8.85. The summed E-state index contributed by atoms with van der Waals surface area (Å²) in [6.45, 7) is 0.686.